The largest absolute Gasteiger partial charge is 0.395 e. The molecule has 2 N–H and O–H groups in total. The minimum Gasteiger partial charge on any atom is -0.395 e. The Hall–Kier alpha value is -1.10. The number of nitrogens with one attached hydrogen (secondary N) is 1. The molecule has 0 aliphatic carbocycles. The molecule has 0 bridgehead atoms. The molecule has 0 spiro atoms. The molecule has 0 aliphatic rings. The number of amides is 2. The number of likely N-dealkylation sites (N-methyl/N-ethyl adjacent to an activating group) is 1. The summed E-state index contributed by atoms with van der Waals surface area (Å²) in [5.74, 6) is -1.28. The molecule has 2 amide bonds. The van der Waals surface area contributed by atoms with E-state index in [4.69, 9.17) is 5.11 Å². The third kappa shape index (κ3) is 4.81. The van der Waals surface area contributed by atoms with Crippen molar-refractivity contribution >= 4 is 11.8 Å². The van der Waals surface area contributed by atoms with Gasteiger partial charge in [0.25, 0.3) is 0 Å². The molecular formula is C9H18N2O3. The number of aliphatic hydroxyl groups is 1. The monoisotopic (exact) mass is 202 g/mol. The summed E-state index contributed by atoms with van der Waals surface area (Å²) in [5.41, 5.74) is -0.424. The van der Waals surface area contributed by atoms with Crippen molar-refractivity contribution in [1.82, 2.24) is 10.2 Å². The van der Waals surface area contributed by atoms with E-state index in [9.17, 15) is 9.59 Å². The van der Waals surface area contributed by atoms with E-state index in [2.05, 4.69) is 5.32 Å². The van der Waals surface area contributed by atoms with E-state index >= 15 is 0 Å². The Morgan fingerprint density at radius 2 is 1.86 bits per heavy atom. The zero-order valence-electron chi connectivity index (χ0n) is 9.13. The predicted molar refractivity (Wildman–Crippen MR) is 52.6 cm³/mol. The van der Waals surface area contributed by atoms with Crippen LogP contribution in [-0.2, 0) is 9.59 Å². The maximum absolute atomic E-state index is 11.3. The molecule has 0 radical (unpaired) electrons. The quantitative estimate of drug-likeness (QED) is 0.585. The van der Waals surface area contributed by atoms with Crippen molar-refractivity contribution in [3.8, 4) is 0 Å². The zero-order chi connectivity index (χ0) is 11.4. The normalized spacial score (nSPS) is 10.9. The van der Waals surface area contributed by atoms with Gasteiger partial charge >= 0.3 is 11.8 Å². The lowest BCUT2D eigenvalue weighted by Crippen LogP contribution is -2.49. The molecule has 0 unspecified atom stereocenters. The molecule has 14 heavy (non-hydrogen) atoms. The van der Waals surface area contributed by atoms with Gasteiger partial charge in [0, 0.05) is 19.1 Å². The minimum absolute atomic E-state index is 0.148. The second-order valence-corrected chi connectivity index (χ2v) is 4.15. The SMILES string of the molecule is CN(CCO)C(=O)C(=O)NC(C)(C)C. The van der Waals surface area contributed by atoms with Crippen LogP contribution in [0.4, 0.5) is 0 Å². The third-order valence-corrected chi connectivity index (χ3v) is 1.46. The van der Waals surface area contributed by atoms with Crippen LogP contribution in [0.5, 0.6) is 0 Å². The van der Waals surface area contributed by atoms with Gasteiger partial charge in [0.2, 0.25) is 0 Å². The van der Waals surface area contributed by atoms with Crippen LogP contribution in [0, 0.1) is 0 Å². The first-order chi connectivity index (χ1) is 6.28. The van der Waals surface area contributed by atoms with Crippen LogP contribution < -0.4 is 5.32 Å². The van der Waals surface area contributed by atoms with Gasteiger partial charge in [-0.15, -0.1) is 0 Å². The summed E-state index contributed by atoms with van der Waals surface area (Å²) in [6.45, 7) is 5.40. The molecule has 0 heterocycles. The average Bonchev–Trinajstić information content (AvgIpc) is 2.00. The molecule has 0 saturated carbocycles. The molecule has 5 nitrogen and oxygen atoms in total. The van der Waals surface area contributed by atoms with E-state index in [-0.39, 0.29) is 13.2 Å². The van der Waals surface area contributed by atoms with Crippen LogP contribution in [0.25, 0.3) is 0 Å². The molecular weight excluding hydrogens is 184 g/mol. The first kappa shape index (κ1) is 12.9. The summed E-state index contributed by atoms with van der Waals surface area (Å²) in [5, 5.41) is 11.1. The van der Waals surface area contributed by atoms with E-state index in [1.54, 1.807) is 20.8 Å². The fourth-order valence-corrected chi connectivity index (χ4v) is 0.819. The maximum Gasteiger partial charge on any atom is 0.311 e. The molecule has 0 atom stereocenters. The zero-order valence-corrected chi connectivity index (χ0v) is 9.13. The van der Waals surface area contributed by atoms with Crippen molar-refractivity contribution in [1.29, 1.82) is 0 Å². The van der Waals surface area contributed by atoms with Gasteiger partial charge in [-0.05, 0) is 20.8 Å². The highest BCUT2D eigenvalue weighted by Gasteiger charge is 2.22. The fraction of sp³-hybridized carbons (Fsp3) is 0.778. The summed E-state index contributed by atoms with van der Waals surface area (Å²) in [6, 6.07) is 0. The van der Waals surface area contributed by atoms with Gasteiger partial charge in [0.1, 0.15) is 0 Å². The maximum atomic E-state index is 11.3. The Balaban J connectivity index is 4.19. The first-order valence-corrected chi connectivity index (χ1v) is 4.46. The average molecular weight is 202 g/mol. The highest BCUT2D eigenvalue weighted by atomic mass is 16.3. The fourth-order valence-electron chi connectivity index (χ4n) is 0.819. The van der Waals surface area contributed by atoms with Crippen molar-refractivity contribution < 1.29 is 14.7 Å². The number of nitrogens with zero attached hydrogens (tertiary/aromatic N) is 1. The van der Waals surface area contributed by atoms with E-state index in [0.29, 0.717) is 0 Å². The van der Waals surface area contributed by atoms with Crippen LogP contribution in [0.2, 0.25) is 0 Å². The summed E-state index contributed by atoms with van der Waals surface area (Å²) >= 11 is 0. The molecule has 0 aliphatic heterocycles. The number of aliphatic hydroxyl groups excluding tert-OH is 1. The van der Waals surface area contributed by atoms with Crippen LogP contribution in [0.3, 0.4) is 0 Å². The molecule has 0 fully saturated rings. The molecule has 0 rings (SSSR count). The van der Waals surface area contributed by atoms with E-state index < -0.39 is 17.4 Å². The summed E-state index contributed by atoms with van der Waals surface area (Å²) in [4.78, 5) is 23.8. The molecule has 82 valence electrons. The predicted octanol–water partition coefficient (Wildman–Crippen LogP) is -0.648. The lowest BCUT2D eigenvalue weighted by atomic mass is 10.1. The smallest absolute Gasteiger partial charge is 0.311 e. The van der Waals surface area contributed by atoms with Gasteiger partial charge < -0.3 is 15.3 Å². The third-order valence-electron chi connectivity index (χ3n) is 1.46. The number of carbonyl (C=O) groups is 2. The Bertz CT molecular complexity index is 221. The van der Waals surface area contributed by atoms with Gasteiger partial charge in [-0.1, -0.05) is 0 Å². The number of rotatable bonds is 2. The molecule has 0 aromatic carbocycles. The van der Waals surface area contributed by atoms with Crippen LogP contribution in [0.15, 0.2) is 0 Å². The molecule has 0 aromatic heterocycles. The summed E-state index contributed by atoms with van der Waals surface area (Å²) < 4.78 is 0. The van der Waals surface area contributed by atoms with Gasteiger partial charge in [-0.25, -0.2) is 0 Å². The lowest BCUT2D eigenvalue weighted by molar-refractivity contribution is -0.146. The highest BCUT2D eigenvalue weighted by molar-refractivity contribution is 6.35. The van der Waals surface area contributed by atoms with Crippen molar-refractivity contribution in [2.45, 2.75) is 26.3 Å². The Kier molecular flexibility index (Phi) is 4.56. The molecule has 0 aromatic rings. The van der Waals surface area contributed by atoms with Gasteiger partial charge in [-0.2, -0.15) is 0 Å². The lowest BCUT2D eigenvalue weighted by Gasteiger charge is -2.22. The van der Waals surface area contributed by atoms with Crippen LogP contribution in [-0.4, -0.2) is 47.6 Å². The number of hydrogen-bond donors (Lipinski definition) is 2. The second-order valence-electron chi connectivity index (χ2n) is 4.15. The van der Waals surface area contributed by atoms with Gasteiger partial charge in [0.05, 0.1) is 6.61 Å². The van der Waals surface area contributed by atoms with Crippen molar-refractivity contribution in [3.05, 3.63) is 0 Å². The van der Waals surface area contributed by atoms with Crippen LogP contribution in [0.1, 0.15) is 20.8 Å². The Morgan fingerprint density at radius 3 is 2.21 bits per heavy atom. The molecule has 5 heteroatoms. The van der Waals surface area contributed by atoms with E-state index in [1.165, 1.54) is 11.9 Å². The van der Waals surface area contributed by atoms with Gasteiger partial charge in [0.15, 0.2) is 0 Å². The number of hydrogen-bond acceptors (Lipinski definition) is 3. The van der Waals surface area contributed by atoms with E-state index in [0.717, 1.165) is 0 Å². The topological polar surface area (TPSA) is 69.6 Å². The van der Waals surface area contributed by atoms with E-state index in [1.807, 2.05) is 0 Å². The van der Waals surface area contributed by atoms with Gasteiger partial charge in [-0.3, -0.25) is 9.59 Å². The minimum atomic E-state index is -0.645. The summed E-state index contributed by atoms with van der Waals surface area (Å²) in [7, 11) is 1.47. The van der Waals surface area contributed by atoms with Crippen molar-refractivity contribution in [3.63, 3.8) is 0 Å². The Morgan fingerprint density at radius 1 is 1.36 bits per heavy atom. The Labute approximate surface area is 84.1 Å². The van der Waals surface area contributed by atoms with Crippen LogP contribution >= 0.6 is 0 Å². The van der Waals surface area contributed by atoms with Crippen molar-refractivity contribution in [2.24, 2.45) is 0 Å². The standard InChI is InChI=1S/C9H18N2O3/c1-9(2,3)10-7(13)8(14)11(4)5-6-12/h12H,5-6H2,1-4H3,(H,10,13). The first-order valence-electron chi connectivity index (χ1n) is 4.46. The van der Waals surface area contributed by atoms with Crippen molar-refractivity contribution in [2.75, 3.05) is 20.2 Å². The molecule has 0 saturated heterocycles. The summed E-state index contributed by atoms with van der Waals surface area (Å²) in [6.07, 6.45) is 0. The second kappa shape index (κ2) is 4.95. The highest BCUT2D eigenvalue weighted by Crippen LogP contribution is 1.98. The number of carbonyl (C=O) groups excluding carboxylic acids is 2.